The Morgan fingerprint density at radius 1 is 0.541 bits per heavy atom. The molecule has 5 aromatic carbocycles. The molecule has 0 spiro atoms. The zero-order chi connectivity index (χ0) is 25.6. The molecule has 0 bridgehead atoms. The topological polar surface area (TPSA) is 44.5 Å². The Bertz CT molecular complexity index is 1520. The number of hydrogen-bond acceptors (Lipinski definition) is 3. The highest BCUT2D eigenvalue weighted by Gasteiger charge is 2.10. The molecule has 0 heterocycles. The van der Waals surface area contributed by atoms with Gasteiger partial charge in [-0.05, 0) is 93.9 Å². The van der Waals surface area contributed by atoms with Crippen LogP contribution in [-0.4, -0.2) is 7.11 Å². The van der Waals surface area contributed by atoms with E-state index in [1.165, 1.54) is 27.8 Å². The molecule has 3 heteroatoms. The lowest BCUT2D eigenvalue weighted by Crippen LogP contribution is -1.98. The van der Waals surface area contributed by atoms with Crippen LogP contribution in [0.1, 0.15) is 16.7 Å². The minimum absolute atomic E-state index is 0.450. The van der Waals surface area contributed by atoms with E-state index in [4.69, 9.17) is 15.2 Å². The largest absolute Gasteiger partial charge is 0.487 e. The van der Waals surface area contributed by atoms with Gasteiger partial charge in [0.2, 0.25) is 0 Å². The van der Waals surface area contributed by atoms with E-state index < -0.39 is 0 Å². The first kappa shape index (κ1) is 24.4. The maximum atomic E-state index is 6.06. The van der Waals surface area contributed by atoms with Gasteiger partial charge in [-0.3, -0.25) is 0 Å². The van der Waals surface area contributed by atoms with Crippen LogP contribution in [-0.2, 0) is 18.0 Å². The van der Waals surface area contributed by atoms with Gasteiger partial charge < -0.3 is 15.2 Å². The summed E-state index contributed by atoms with van der Waals surface area (Å²) in [5, 5.41) is 0. The first-order valence-corrected chi connectivity index (χ1v) is 12.5. The van der Waals surface area contributed by atoms with E-state index >= 15 is 0 Å². The molecule has 0 aliphatic heterocycles. The summed E-state index contributed by atoms with van der Waals surface area (Å²) in [7, 11) is 1.73. The van der Waals surface area contributed by atoms with Gasteiger partial charge in [0, 0.05) is 7.11 Å². The maximum Gasteiger partial charge on any atom is 0.142 e. The summed E-state index contributed by atoms with van der Waals surface area (Å²) in [6.07, 6.45) is 0. The van der Waals surface area contributed by atoms with Crippen molar-refractivity contribution in [1.82, 2.24) is 0 Å². The predicted octanol–water partition coefficient (Wildman–Crippen LogP) is 8.30. The van der Waals surface area contributed by atoms with E-state index in [9.17, 15) is 0 Å². The summed E-state index contributed by atoms with van der Waals surface area (Å²) in [6.45, 7) is 3.17. The van der Waals surface area contributed by atoms with Crippen LogP contribution >= 0.6 is 0 Å². The Balaban J connectivity index is 1.54. The van der Waals surface area contributed by atoms with Gasteiger partial charge in [-0.25, -0.2) is 0 Å². The standard InChI is InChI=1S/C34H31NO2/c1-24-8-5-11-27(16-24)30-19-31(28-12-6-9-25(17-28)22-36-2)21-32(20-30)29-13-7-10-26(18-29)23-37-34-15-4-3-14-33(34)35/h3-21H,22-23,35H2,1-2H3. The van der Waals surface area contributed by atoms with Gasteiger partial charge >= 0.3 is 0 Å². The number of aryl methyl sites for hydroxylation is 1. The highest BCUT2D eigenvalue weighted by Crippen LogP contribution is 2.34. The van der Waals surface area contributed by atoms with Crippen molar-refractivity contribution >= 4 is 5.69 Å². The lowest BCUT2D eigenvalue weighted by molar-refractivity contribution is 0.185. The molecule has 0 radical (unpaired) electrons. The van der Waals surface area contributed by atoms with Crippen molar-refractivity contribution < 1.29 is 9.47 Å². The summed E-state index contributed by atoms with van der Waals surface area (Å²) in [5.41, 5.74) is 17.2. The lowest BCUT2D eigenvalue weighted by Gasteiger charge is -2.14. The van der Waals surface area contributed by atoms with Crippen molar-refractivity contribution in [2.75, 3.05) is 12.8 Å². The number of para-hydroxylation sites is 2. The molecule has 0 fully saturated rings. The third-order valence-electron chi connectivity index (χ3n) is 6.43. The first-order chi connectivity index (χ1) is 18.1. The van der Waals surface area contributed by atoms with Crippen LogP contribution in [0.5, 0.6) is 5.75 Å². The predicted molar refractivity (Wildman–Crippen MR) is 153 cm³/mol. The molecule has 0 aromatic heterocycles. The van der Waals surface area contributed by atoms with E-state index in [2.05, 4.69) is 97.9 Å². The second kappa shape index (κ2) is 11.2. The molecule has 5 rings (SSSR count). The van der Waals surface area contributed by atoms with Gasteiger partial charge in [-0.15, -0.1) is 0 Å². The van der Waals surface area contributed by atoms with E-state index in [0.29, 0.717) is 24.7 Å². The third-order valence-corrected chi connectivity index (χ3v) is 6.43. The summed E-state index contributed by atoms with van der Waals surface area (Å²) in [4.78, 5) is 0. The number of nitrogen functional groups attached to an aromatic ring is 1. The van der Waals surface area contributed by atoms with Crippen molar-refractivity contribution in [2.45, 2.75) is 20.1 Å². The molecule has 0 unspecified atom stereocenters. The fraction of sp³-hybridized carbons (Fsp3) is 0.118. The number of benzene rings is 5. The molecule has 5 aromatic rings. The molecular formula is C34H31NO2. The average molecular weight is 486 g/mol. The fourth-order valence-electron chi connectivity index (χ4n) is 4.57. The van der Waals surface area contributed by atoms with Gasteiger partial charge in [-0.1, -0.05) is 78.4 Å². The molecule has 0 aliphatic carbocycles. The molecule has 37 heavy (non-hydrogen) atoms. The van der Waals surface area contributed by atoms with Gasteiger partial charge in [-0.2, -0.15) is 0 Å². The van der Waals surface area contributed by atoms with Crippen LogP contribution in [0.25, 0.3) is 33.4 Å². The van der Waals surface area contributed by atoms with Crippen molar-refractivity contribution in [3.05, 3.63) is 132 Å². The lowest BCUT2D eigenvalue weighted by atomic mass is 9.92. The van der Waals surface area contributed by atoms with E-state index in [1.54, 1.807) is 7.11 Å². The molecule has 0 saturated heterocycles. The quantitative estimate of drug-likeness (QED) is 0.225. The summed E-state index contributed by atoms with van der Waals surface area (Å²) in [5.74, 6) is 0.701. The summed E-state index contributed by atoms with van der Waals surface area (Å²) < 4.78 is 11.4. The summed E-state index contributed by atoms with van der Waals surface area (Å²) in [6, 6.07) is 40.1. The molecule has 0 amide bonds. The highest BCUT2D eigenvalue weighted by molar-refractivity contribution is 5.81. The second-order valence-electron chi connectivity index (χ2n) is 9.33. The van der Waals surface area contributed by atoms with E-state index in [0.717, 1.165) is 22.3 Å². The Morgan fingerprint density at radius 2 is 1.08 bits per heavy atom. The monoisotopic (exact) mass is 485 g/mol. The number of ether oxygens (including phenoxy) is 2. The Labute approximate surface area is 219 Å². The van der Waals surface area contributed by atoms with Crippen LogP contribution in [0.2, 0.25) is 0 Å². The van der Waals surface area contributed by atoms with Gasteiger partial charge in [0.1, 0.15) is 12.4 Å². The Morgan fingerprint density at radius 3 is 1.65 bits per heavy atom. The van der Waals surface area contributed by atoms with Crippen LogP contribution in [0.4, 0.5) is 5.69 Å². The Kier molecular flexibility index (Phi) is 7.34. The van der Waals surface area contributed by atoms with E-state index in [-0.39, 0.29) is 0 Å². The number of nitrogens with two attached hydrogens (primary N) is 1. The molecule has 0 aliphatic rings. The van der Waals surface area contributed by atoms with Crippen molar-refractivity contribution in [2.24, 2.45) is 0 Å². The number of hydrogen-bond donors (Lipinski definition) is 1. The van der Waals surface area contributed by atoms with Gasteiger partial charge in [0.25, 0.3) is 0 Å². The normalized spacial score (nSPS) is 10.9. The van der Waals surface area contributed by atoms with Crippen molar-refractivity contribution in [3.8, 4) is 39.1 Å². The molecule has 3 nitrogen and oxygen atoms in total. The Hall–Kier alpha value is -4.34. The minimum atomic E-state index is 0.450. The minimum Gasteiger partial charge on any atom is -0.487 e. The molecule has 2 N–H and O–H groups in total. The van der Waals surface area contributed by atoms with Gasteiger partial charge in [0.15, 0.2) is 0 Å². The fourth-order valence-corrected chi connectivity index (χ4v) is 4.57. The SMILES string of the molecule is COCc1cccc(-c2cc(-c3cccc(C)c3)cc(-c3cccc(COc4ccccc4N)c3)c2)c1. The van der Waals surface area contributed by atoms with Crippen LogP contribution < -0.4 is 10.5 Å². The number of methoxy groups -OCH3 is 1. The molecule has 184 valence electrons. The molecule has 0 saturated carbocycles. The number of anilines is 1. The average Bonchev–Trinajstić information content (AvgIpc) is 2.93. The van der Waals surface area contributed by atoms with Gasteiger partial charge in [0.05, 0.1) is 12.3 Å². The highest BCUT2D eigenvalue weighted by atomic mass is 16.5. The van der Waals surface area contributed by atoms with Crippen LogP contribution in [0, 0.1) is 6.92 Å². The number of rotatable bonds is 8. The van der Waals surface area contributed by atoms with Crippen molar-refractivity contribution in [1.29, 1.82) is 0 Å². The molecule has 0 atom stereocenters. The second-order valence-corrected chi connectivity index (χ2v) is 9.33. The zero-order valence-corrected chi connectivity index (χ0v) is 21.3. The molecular weight excluding hydrogens is 454 g/mol. The van der Waals surface area contributed by atoms with Crippen LogP contribution in [0.3, 0.4) is 0 Å². The smallest absolute Gasteiger partial charge is 0.142 e. The van der Waals surface area contributed by atoms with Crippen LogP contribution in [0.15, 0.2) is 115 Å². The van der Waals surface area contributed by atoms with Crippen molar-refractivity contribution in [3.63, 3.8) is 0 Å². The maximum absolute atomic E-state index is 6.06. The van der Waals surface area contributed by atoms with E-state index in [1.807, 2.05) is 24.3 Å². The zero-order valence-electron chi connectivity index (χ0n) is 21.3. The summed E-state index contributed by atoms with van der Waals surface area (Å²) >= 11 is 0. The third kappa shape index (κ3) is 5.91. The first-order valence-electron chi connectivity index (χ1n) is 12.5.